The van der Waals surface area contributed by atoms with Crippen LogP contribution in [-0.4, -0.2) is 20.9 Å². The van der Waals surface area contributed by atoms with Crippen molar-refractivity contribution in [2.75, 3.05) is 0 Å². The van der Waals surface area contributed by atoms with E-state index in [-0.39, 0.29) is 11.6 Å². The third-order valence-corrected chi connectivity index (χ3v) is 2.94. The van der Waals surface area contributed by atoms with E-state index in [9.17, 15) is 8.78 Å². The lowest BCUT2D eigenvalue weighted by Crippen LogP contribution is -1.92. The van der Waals surface area contributed by atoms with Gasteiger partial charge in [0.05, 0.1) is 11.3 Å². The van der Waals surface area contributed by atoms with E-state index in [0.29, 0.717) is 16.6 Å². The normalized spacial score (nSPS) is 23.3. The predicted molar refractivity (Wildman–Crippen MR) is 51.2 cm³/mol. The molecule has 0 bridgehead atoms. The highest BCUT2D eigenvalue weighted by atomic mass is 35.5. The van der Waals surface area contributed by atoms with E-state index in [0.717, 1.165) is 0 Å². The zero-order valence-corrected chi connectivity index (χ0v) is 8.22. The van der Waals surface area contributed by atoms with Crippen molar-refractivity contribution in [3.63, 3.8) is 0 Å². The van der Waals surface area contributed by atoms with Gasteiger partial charge in [-0.15, -0.1) is 0 Å². The Kier molecular flexibility index (Phi) is 1.60. The number of nitrogens with zero attached hydrogens (tertiary/aromatic N) is 2. The summed E-state index contributed by atoms with van der Waals surface area (Å²) in [5.74, 6) is -3.34. The Bertz CT molecular complexity index is 537. The van der Waals surface area contributed by atoms with Crippen LogP contribution in [0.3, 0.4) is 0 Å². The van der Waals surface area contributed by atoms with Gasteiger partial charge in [-0.1, -0.05) is 11.6 Å². The lowest BCUT2D eigenvalue weighted by molar-refractivity contribution is 0.112. The second kappa shape index (κ2) is 2.66. The molecule has 0 saturated heterocycles. The van der Waals surface area contributed by atoms with Crippen LogP contribution in [0.25, 0.3) is 11.0 Å². The molecule has 1 unspecified atom stereocenters. The van der Waals surface area contributed by atoms with E-state index < -0.39 is 11.8 Å². The Hall–Kier alpha value is -1.23. The molecule has 0 aliphatic heterocycles. The Morgan fingerprint density at radius 3 is 2.87 bits per heavy atom. The van der Waals surface area contributed by atoms with Crippen LogP contribution < -0.4 is 0 Å². The van der Waals surface area contributed by atoms with E-state index in [1.807, 2.05) is 0 Å². The number of H-pyrrole nitrogens is 1. The van der Waals surface area contributed by atoms with Crippen molar-refractivity contribution >= 4 is 22.6 Å². The van der Waals surface area contributed by atoms with Crippen molar-refractivity contribution in [2.45, 2.75) is 18.3 Å². The van der Waals surface area contributed by atoms with Crippen molar-refractivity contribution in [2.24, 2.45) is 0 Å². The van der Waals surface area contributed by atoms with Gasteiger partial charge in [0.25, 0.3) is 5.92 Å². The minimum absolute atomic E-state index is 0.120. The second-order valence-corrected chi connectivity index (χ2v) is 4.01. The van der Waals surface area contributed by atoms with Gasteiger partial charge >= 0.3 is 0 Å². The summed E-state index contributed by atoms with van der Waals surface area (Å²) in [6.07, 6.45) is 2.72. The van der Waals surface area contributed by atoms with Gasteiger partial charge in [-0.2, -0.15) is 0 Å². The molecule has 1 atom stereocenters. The summed E-state index contributed by atoms with van der Waals surface area (Å²) in [5, 5.41) is 0.736. The van der Waals surface area contributed by atoms with Crippen LogP contribution in [0.1, 0.15) is 17.9 Å². The second-order valence-electron chi connectivity index (χ2n) is 3.65. The van der Waals surface area contributed by atoms with Gasteiger partial charge in [-0.05, 0) is 5.56 Å². The fourth-order valence-corrected chi connectivity index (χ4v) is 2.02. The number of fused-ring (bicyclic) bond motifs is 1. The molecular formula is C9H6ClF2N3. The van der Waals surface area contributed by atoms with Crippen LogP contribution >= 0.6 is 11.6 Å². The molecule has 3 rings (SSSR count). The van der Waals surface area contributed by atoms with Gasteiger partial charge in [0, 0.05) is 12.6 Å². The van der Waals surface area contributed by atoms with Crippen LogP contribution in [0.15, 0.2) is 12.5 Å². The number of nitrogens with one attached hydrogen (secondary N) is 1. The van der Waals surface area contributed by atoms with Crippen LogP contribution in [-0.2, 0) is 0 Å². The molecule has 2 aromatic heterocycles. The molecule has 1 aliphatic carbocycles. The minimum atomic E-state index is -2.60. The molecule has 2 aromatic rings. The maximum atomic E-state index is 12.9. The van der Waals surface area contributed by atoms with Crippen molar-refractivity contribution in [1.82, 2.24) is 15.0 Å². The molecule has 1 saturated carbocycles. The van der Waals surface area contributed by atoms with E-state index in [2.05, 4.69) is 15.0 Å². The minimum Gasteiger partial charge on any atom is -0.346 e. The van der Waals surface area contributed by atoms with Crippen molar-refractivity contribution in [3.05, 3.63) is 23.2 Å². The first-order valence-electron chi connectivity index (χ1n) is 4.45. The Morgan fingerprint density at radius 2 is 2.20 bits per heavy atom. The Morgan fingerprint density at radius 1 is 1.47 bits per heavy atom. The number of hydrogen-bond donors (Lipinski definition) is 1. The summed E-state index contributed by atoms with van der Waals surface area (Å²) >= 11 is 5.85. The van der Waals surface area contributed by atoms with Gasteiger partial charge in [0.15, 0.2) is 0 Å². The smallest absolute Gasteiger partial charge is 0.256 e. The summed E-state index contributed by atoms with van der Waals surface area (Å²) in [7, 11) is 0. The zero-order valence-electron chi connectivity index (χ0n) is 7.47. The molecule has 0 radical (unpaired) electrons. The third kappa shape index (κ3) is 1.23. The summed E-state index contributed by atoms with van der Waals surface area (Å²) in [5.41, 5.74) is 1.02. The van der Waals surface area contributed by atoms with E-state index in [1.54, 1.807) is 0 Å². The maximum Gasteiger partial charge on any atom is 0.256 e. The topological polar surface area (TPSA) is 41.6 Å². The van der Waals surface area contributed by atoms with E-state index in [1.165, 1.54) is 12.5 Å². The standard InChI is InChI=1S/C9H6ClF2N3/c10-7-6-4(5-1-9(5,11)12)2-13-8(6)15-3-14-7/h2-3,5H,1H2,(H,13,14,15). The van der Waals surface area contributed by atoms with Gasteiger partial charge in [-0.25, -0.2) is 18.7 Å². The van der Waals surface area contributed by atoms with Gasteiger partial charge in [-0.3, -0.25) is 0 Å². The molecule has 78 valence electrons. The Labute approximate surface area is 88.5 Å². The number of hydrogen-bond acceptors (Lipinski definition) is 2. The van der Waals surface area contributed by atoms with Gasteiger partial charge in [0.1, 0.15) is 17.1 Å². The first-order chi connectivity index (χ1) is 7.09. The average molecular weight is 230 g/mol. The summed E-state index contributed by atoms with van der Waals surface area (Å²) in [6.45, 7) is 0. The summed E-state index contributed by atoms with van der Waals surface area (Å²) in [6, 6.07) is 0. The largest absolute Gasteiger partial charge is 0.346 e. The summed E-state index contributed by atoms with van der Waals surface area (Å²) in [4.78, 5) is 10.5. The number of aromatic amines is 1. The molecule has 0 aromatic carbocycles. The lowest BCUT2D eigenvalue weighted by Gasteiger charge is -1.97. The van der Waals surface area contributed by atoms with Gasteiger partial charge in [0.2, 0.25) is 0 Å². The first-order valence-corrected chi connectivity index (χ1v) is 4.83. The fraction of sp³-hybridized carbons (Fsp3) is 0.333. The van der Waals surface area contributed by atoms with Gasteiger partial charge < -0.3 is 4.98 Å². The molecule has 1 aliphatic rings. The molecular weight excluding hydrogens is 224 g/mol. The summed E-state index contributed by atoms with van der Waals surface area (Å²) < 4.78 is 25.8. The first kappa shape index (κ1) is 9.03. The monoisotopic (exact) mass is 229 g/mol. The molecule has 6 heteroatoms. The fourth-order valence-electron chi connectivity index (χ4n) is 1.77. The quantitative estimate of drug-likeness (QED) is 0.764. The van der Waals surface area contributed by atoms with E-state index >= 15 is 0 Å². The van der Waals surface area contributed by atoms with Crippen molar-refractivity contribution < 1.29 is 8.78 Å². The molecule has 3 nitrogen and oxygen atoms in total. The van der Waals surface area contributed by atoms with Crippen molar-refractivity contribution in [1.29, 1.82) is 0 Å². The van der Waals surface area contributed by atoms with Crippen LogP contribution in [0.4, 0.5) is 8.78 Å². The number of rotatable bonds is 1. The predicted octanol–water partition coefficient (Wildman–Crippen LogP) is 2.73. The highest BCUT2D eigenvalue weighted by Gasteiger charge is 2.58. The maximum absolute atomic E-state index is 12.9. The zero-order chi connectivity index (χ0) is 10.6. The van der Waals surface area contributed by atoms with Crippen molar-refractivity contribution in [3.8, 4) is 0 Å². The SMILES string of the molecule is FC1(F)CC1c1c[nH]c2ncnc(Cl)c12. The average Bonchev–Trinajstić information content (AvgIpc) is 2.62. The number of halogens is 3. The Balaban J connectivity index is 2.21. The highest BCUT2D eigenvalue weighted by molar-refractivity contribution is 6.34. The van der Waals surface area contributed by atoms with Crippen LogP contribution in [0, 0.1) is 0 Å². The molecule has 0 amide bonds. The van der Waals surface area contributed by atoms with E-state index in [4.69, 9.17) is 11.6 Å². The van der Waals surface area contributed by atoms with Crippen LogP contribution in [0.5, 0.6) is 0 Å². The van der Waals surface area contributed by atoms with Crippen LogP contribution in [0.2, 0.25) is 5.15 Å². The molecule has 1 N–H and O–H groups in total. The number of alkyl halides is 2. The third-order valence-electron chi connectivity index (χ3n) is 2.66. The molecule has 1 fully saturated rings. The molecule has 2 heterocycles. The molecule has 15 heavy (non-hydrogen) atoms. The highest BCUT2D eigenvalue weighted by Crippen LogP contribution is 2.57. The molecule has 0 spiro atoms. The number of aromatic nitrogens is 3. The lowest BCUT2D eigenvalue weighted by atomic mass is 10.1.